The van der Waals surface area contributed by atoms with Crippen LogP contribution in [0.4, 0.5) is 0 Å². The smallest absolute Gasteiger partial charge is 0.306 e. The third-order valence-electron chi connectivity index (χ3n) is 3.48. The van der Waals surface area contributed by atoms with Crippen molar-refractivity contribution in [2.45, 2.75) is 32.2 Å². The normalized spacial score (nSPS) is 18.1. The number of carbonyl (C=O) groups is 2. The Bertz CT molecular complexity index is 500. The Balaban J connectivity index is 2.05. The molecule has 1 aliphatic heterocycles. The van der Waals surface area contributed by atoms with Gasteiger partial charge < -0.3 is 14.7 Å². The van der Waals surface area contributed by atoms with E-state index in [-0.39, 0.29) is 25.0 Å². The van der Waals surface area contributed by atoms with Crippen molar-refractivity contribution >= 4 is 11.9 Å². The maximum Gasteiger partial charge on any atom is 0.306 e. The minimum absolute atomic E-state index is 0.0206. The number of carboxylic acids is 1. The van der Waals surface area contributed by atoms with Crippen molar-refractivity contribution in [2.24, 2.45) is 0 Å². The summed E-state index contributed by atoms with van der Waals surface area (Å²) in [5.74, 6) is -0.136. The van der Waals surface area contributed by atoms with E-state index in [1.807, 2.05) is 23.1 Å². The van der Waals surface area contributed by atoms with Crippen LogP contribution in [0.15, 0.2) is 24.3 Å². The molecule has 1 saturated heterocycles. The van der Waals surface area contributed by atoms with E-state index in [1.54, 1.807) is 13.0 Å². The van der Waals surface area contributed by atoms with Crippen molar-refractivity contribution in [3.8, 4) is 5.75 Å². The highest BCUT2D eigenvalue weighted by atomic mass is 16.5. The molecule has 1 N–H and O–H groups in total. The highest BCUT2D eigenvalue weighted by Gasteiger charge is 2.27. The molecule has 0 aromatic heterocycles. The van der Waals surface area contributed by atoms with Gasteiger partial charge in [-0.3, -0.25) is 9.59 Å². The zero-order valence-corrected chi connectivity index (χ0v) is 11.5. The molecule has 1 heterocycles. The SMILES string of the molecule is CC(=O)N1CCCC1c1cccc(OCCC(=O)O)c1. The Morgan fingerprint density at radius 3 is 2.95 bits per heavy atom. The molecule has 2 rings (SSSR count). The number of nitrogens with zero attached hydrogens (tertiary/aromatic N) is 1. The van der Waals surface area contributed by atoms with Crippen LogP contribution in [-0.2, 0) is 9.59 Å². The van der Waals surface area contributed by atoms with Gasteiger partial charge in [0, 0.05) is 13.5 Å². The number of benzene rings is 1. The largest absolute Gasteiger partial charge is 0.493 e. The first kappa shape index (κ1) is 14.4. The number of likely N-dealkylation sites (tertiary alicyclic amines) is 1. The molecule has 0 radical (unpaired) electrons. The minimum Gasteiger partial charge on any atom is -0.493 e. The van der Waals surface area contributed by atoms with Gasteiger partial charge in [0.25, 0.3) is 0 Å². The second-order valence-corrected chi connectivity index (χ2v) is 4.94. The molecule has 0 spiro atoms. The van der Waals surface area contributed by atoms with Crippen LogP contribution in [0, 0.1) is 0 Å². The Morgan fingerprint density at radius 1 is 1.45 bits per heavy atom. The van der Waals surface area contributed by atoms with Crippen molar-refractivity contribution in [2.75, 3.05) is 13.2 Å². The molecule has 5 heteroatoms. The summed E-state index contributed by atoms with van der Waals surface area (Å²) in [5.41, 5.74) is 1.05. The molecule has 0 saturated carbocycles. The van der Waals surface area contributed by atoms with Gasteiger partial charge in [0.1, 0.15) is 5.75 Å². The monoisotopic (exact) mass is 277 g/mol. The summed E-state index contributed by atoms with van der Waals surface area (Å²) in [6.45, 7) is 2.54. The van der Waals surface area contributed by atoms with E-state index >= 15 is 0 Å². The summed E-state index contributed by atoms with van der Waals surface area (Å²) in [6, 6.07) is 7.67. The van der Waals surface area contributed by atoms with Gasteiger partial charge in [-0.05, 0) is 30.5 Å². The third kappa shape index (κ3) is 3.50. The van der Waals surface area contributed by atoms with Crippen LogP contribution in [-0.4, -0.2) is 35.0 Å². The molecule has 1 amide bonds. The van der Waals surface area contributed by atoms with E-state index in [1.165, 1.54) is 0 Å². The molecule has 1 fully saturated rings. The fourth-order valence-electron chi connectivity index (χ4n) is 2.56. The first-order chi connectivity index (χ1) is 9.58. The summed E-state index contributed by atoms with van der Waals surface area (Å²) in [6.07, 6.45) is 1.94. The van der Waals surface area contributed by atoms with E-state index < -0.39 is 5.97 Å². The van der Waals surface area contributed by atoms with Crippen LogP contribution in [0.2, 0.25) is 0 Å². The van der Waals surface area contributed by atoms with Crippen molar-refractivity contribution in [1.82, 2.24) is 4.90 Å². The predicted molar refractivity (Wildman–Crippen MR) is 73.6 cm³/mol. The van der Waals surface area contributed by atoms with Crippen LogP contribution >= 0.6 is 0 Å². The van der Waals surface area contributed by atoms with Crippen molar-refractivity contribution in [3.05, 3.63) is 29.8 Å². The van der Waals surface area contributed by atoms with Crippen LogP contribution in [0.3, 0.4) is 0 Å². The number of aliphatic carboxylic acids is 1. The average molecular weight is 277 g/mol. The summed E-state index contributed by atoms with van der Waals surface area (Å²) >= 11 is 0. The number of rotatable bonds is 5. The van der Waals surface area contributed by atoms with E-state index in [9.17, 15) is 9.59 Å². The van der Waals surface area contributed by atoms with Gasteiger partial charge in [-0.15, -0.1) is 0 Å². The Morgan fingerprint density at radius 2 is 2.25 bits per heavy atom. The maximum atomic E-state index is 11.6. The van der Waals surface area contributed by atoms with Crippen molar-refractivity contribution in [1.29, 1.82) is 0 Å². The first-order valence-electron chi connectivity index (χ1n) is 6.79. The zero-order valence-electron chi connectivity index (χ0n) is 11.5. The fourth-order valence-corrected chi connectivity index (χ4v) is 2.56. The molecular weight excluding hydrogens is 258 g/mol. The Hall–Kier alpha value is -2.04. The Kier molecular flexibility index (Phi) is 4.61. The Labute approximate surface area is 118 Å². The van der Waals surface area contributed by atoms with Crippen LogP contribution in [0.25, 0.3) is 0 Å². The lowest BCUT2D eigenvalue weighted by Gasteiger charge is -2.24. The molecule has 1 aromatic rings. The molecular formula is C15H19NO4. The molecule has 1 unspecified atom stereocenters. The molecule has 108 valence electrons. The number of carboxylic acid groups (broad SMARTS) is 1. The van der Waals surface area contributed by atoms with Crippen molar-refractivity contribution in [3.63, 3.8) is 0 Å². The topological polar surface area (TPSA) is 66.8 Å². The lowest BCUT2D eigenvalue weighted by molar-refractivity contribution is -0.137. The van der Waals surface area contributed by atoms with E-state index in [0.717, 1.165) is 24.9 Å². The molecule has 1 aliphatic rings. The van der Waals surface area contributed by atoms with Gasteiger partial charge >= 0.3 is 5.97 Å². The van der Waals surface area contributed by atoms with Gasteiger partial charge in [0.15, 0.2) is 0 Å². The quantitative estimate of drug-likeness (QED) is 0.896. The molecule has 1 atom stereocenters. The minimum atomic E-state index is -0.875. The first-order valence-corrected chi connectivity index (χ1v) is 6.79. The molecule has 20 heavy (non-hydrogen) atoms. The molecule has 5 nitrogen and oxygen atoms in total. The second-order valence-electron chi connectivity index (χ2n) is 4.94. The average Bonchev–Trinajstić information content (AvgIpc) is 2.88. The van der Waals surface area contributed by atoms with E-state index in [2.05, 4.69) is 0 Å². The third-order valence-corrected chi connectivity index (χ3v) is 3.48. The summed E-state index contributed by atoms with van der Waals surface area (Å²) in [4.78, 5) is 23.9. The summed E-state index contributed by atoms with van der Waals surface area (Å²) < 4.78 is 5.43. The summed E-state index contributed by atoms with van der Waals surface area (Å²) in [7, 11) is 0. The van der Waals surface area contributed by atoms with Gasteiger partial charge in [-0.1, -0.05) is 12.1 Å². The van der Waals surface area contributed by atoms with E-state index in [0.29, 0.717) is 5.75 Å². The zero-order chi connectivity index (χ0) is 14.5. The van der Waals surface area contributed by atoms with Crippen LogP contribution in [0.1, 0.15) is 37.8 Å². The predicted octanol–water partition coefficient (Wildman–Crippen LogP) is 2.22. The molecule has 0 aliphatic carbocycles. The summed E-state index contributed by atoms with van der Waals surface area (Å²) in [5, 5.41) is 8.59. The van der Waals surface area contributed by atoms with Crippen molar-refractivity contribution < 1.29 is 19.4 Å². The van der Waals surface area contributed by atoms with Crippen LogP contribution < -0.4 is 4.74 Å². The highest BCUT2D eigenvalue weighted by molar-refractivity contribution is 5.74. The maximum absolute atomic E-state index is 11.6. The molecule has 0 bridgehead atoms. The van der Waals surface area contributed by atoms with Gasteiger partial charge in [-0.25, -0.2) is 0 Å². The molecule has 1 aromatic carbocycles. The number of carbonyl (C=O) groups excluding carboxylic acids is 1. The number of hydrogen-bond acceptors (Lipinski definition) is 3. The second kappa shape index (κ2) is 6.41. The standard InChI is InChI=1S/C15H19NO4/c1-11(17)16-8-3-6-14(16)12-4-2-5-13(10-12)20-9-7-15(18)19/h2,4-5,10,14H,3,6-9H2,1H3,(H,18,19). The van der Waals surface area contributed by atoms with Crippen LogP contribution in [0.5, 0.6) is 5.75 Å². The number of amides is 1. The number of ether oxygens (including phenoxy) is 1. The fraction of sp³-hybridized carbons (Fsp3) is 0.467. The van der Waals surface area contributed by atoms with Gasteiger partial charge in [0.2, 0.25) is 5.91 Å². The van der Waals surface area contributed by atoms with E-state index in [4.69, 9.17) is 9.84 Å². The lowest BCUT2D eigenvalue weighted by atomic mass is 10.0. The van der Waals surface area contributed by atoms with Gasteiger partial charge in [-0.2, -0.15) is 0 Å². The number of hydrogen-bond donors (Lipinski definition) is 1. The lowest BCUT2D eigenvalue weighted by Crippen LogP contribution is -2.28. The van der Waals surface area contributed by atoms with Gasteiger partial charge in [0.05, 0.1) is 19.1 Å². The highest BCUT2D eigenvalue weighted by Crippen LogP contribution is 2.33.